The molecule has 2 aliphatic rings. The highest BCUT2D eigenvalue weighted by molar-refractivity contribution is 7.89. The second-order valence-corrected chi connectivity index (χ2v) is 11.8. The number of piperidine rings is 1. The van der Waals surface area contributed by atoms with Gasteiger partial charge in [-0.25, -0.2) is 8.42 Å². The molecular formula is C26H36N6O5S. The Morgan fingerprint density at radius 2 is 1.84 bits per heavy atom. The van der Waals surface area contributed by atoms with E-state index in [4.69, 9.17) is 11.1 Å². The minimum absolute atomic E-state index is 0.00646. The number of benzene rings is 2. The number of carbonyl (C=O) groups excluding carboxylic acids is 2. The lowest BCUT2D eigenvalue weighted by molar-refractivity contribution is -0.137. The van der Waals surface area contributed by atoms with Crippen molar-refractivity contribution in [3.63, 3.8) is 0 Å². The summed E-state index contributed by atoms with van der Waals surface area (Å²) in [7, 11) is -4.10. The van der Waals surface area contributed by atoms with Crippen LogP contribution in [0.1, 0.15) is 32.6 Å². The van der Waals surface area contributed by atoms with Crippen LogP contribution in [0.2, 0.25) is 0 Å². The predicted molar refractivity (Wildman–Crippen MR) is 144 cm³/mol. The summed E-state index contributed by atoms with van der Waals surface area (Å²) in [4.78, 5) is 29.5. The van der Waals surface area contributed by atoms with E-state index in [-0.39, 0.29) is 35.3 Å². The Kier molecular flexibility index (Phi) is 8.54. The number of guanidine groups is 1. The molecule has 2 aromatic carbocycles. The zero-order valence-electron chi connectivity index (χ0n) is 21.5. The molecule has 11 nitrogen and oxygen atoms in total. The maximum Gasteiger partial charge on any atom is 0.243 e. The standard InChI is InChI=1S/C26H36N6O5S/c1-17(33)23(30-38(36,37)22-11-10-18-6-2-3-7-19(18)14-22)25(35)32-13-5-9-21(32)15-29-24(34)20-8-4-12-31(16-20)26(27)28/h2-3,6-7,10-11,14,17,20-21,23,30,33H,4-5,8-9,12-13,15-16H2,1H3,(H3,27,28)(H,29,34)/t17-,20+,21+,23+/m1/s1. The van der Waals surface area contributed by atoms with Crippen molar-refractivity contribution in [2.45, 2.75) is 55.7 Å². The van der Waals surface area contributed by atoms with Crippen molar-refractivity contribution >= 4 is 38.6 Å². The number of carbonyl (C=O) groups is 2. The monoisotopic (exact) mass is 544 g/mol. The van der Waals surface area contributed by atoms with Crippen LogP contribution in [0.5, 0.6) is 0 Å². The minimum atomic E-state index is -4.10. The molecule has 0 radical (unpaired) electrons. The summed E-state index contributed by atoms with van der Waals surface area (Å²) in [5, 5.41) is 22.6. The third-order valence-corrected chi connectivity index (χ3v) is 8.81. The highest BCUT2D eigenvalue weighted by Crippen LogP contribution is 2.22. The fourth-order valence-corrected chi connectivity index (χ4v) is 6.51. The number of sulfonamides is 1. The number of rotatable bonds is 8. The first kappa shape index (κ1) is 27.8. The maximum absolute atomic E-state index is 13.5. The van der Waals surface area contributed by atoms with Gasteiger partial charge in [0.1, 0.15) is 6.04 Å². The van der Waals surface area contributed by atoms with Crippen LogP contribution in [-0.2, 0) is 19.6 Å². The first-order chi connectivity index (χ1) is 18.1. The number of aliphatic hydroxyl groups excluding tert-OH is 1. The Hall–Kier alpha value is -3.22. The van der Waals surface area contributed by atoms with Crippen LogP contribution < -0.4 is 15.8 Å². The molecule has 2 saturated heterocycles. The van der Waals surface area contributed by atoms with E-state index in [9.17, 15) is 23.1 Å². The molecule has 2 aromatic rings. The Labute approximate surface area is 222 Å². The SMILES string of the molecule is C[C@@H](O)[C@H](NS(=O)(=O)c1ccc2ccccc2c1)C(=O)N1CCC[C@H]1CNC(=O)[C@H]1CCCN(C(=N)N)C1. The first-order valence-corrected chi connectivity index (χ1v) is 14.4. The van der Waals surface area contributed by atoms with E-state index >= 15 is 0 Å². The number of nitrogens with two attached hydrogens (primary N) is 1. The van der Waals surface area contributed by atoms with E-state index in [2.05, 4.69) is 10.0 Å². The highest BCUT2D eigenvalue weighted by atomic mass is 32.2. The van der Waals surface area contributed by atoms with E-state index in [1.807, 2.05) is 18.2 Å². The van der Waals surface area contributed by atoms with Crippen molar-refractivity contribution in [1.82, 2.24) is 19.8 Å². The van der Waals surface area contributed by atoms with Gasteiger partial charge >= 0.3 is 0 Å². The highest BCUT2D eigenvalue weighted by Gasteiger charge is 2.38. The van der Waals surface area contributed by atoms with E-state index in [0.29, 0.717) is 38.9 Å². The van der Waals surface area contributed by atoms with Gasteiger partial charge in [0.2, 0.25) is 21.8 Å². The van der Waals surface area contributed by atoms with E-state index in [0.717, 1.165) is 17.2 Å². The summed E-state index contributed by atoms with van der Waals surface area (Å²) in [6.45, 7) is 3.05. The second kappa shape index (κ2) is 11.7. The second-order valence-electron chi connectivity index (χ2n) is 10.1. The topological polar surface area (TPSA) is 169 Å². The summed E-state index contributed by atoms with van der Waals surface area (Å²) in [5.41, 5.74) is 5.58. The lowest BCUT2D eigenvalue weighted by Crippen LogP contribution is -2.56. The van der Waals surface area contributed by atoms with Crippen molar-refractivity contribution in [2.75, 3.05) is 26.2 Å². The summed E-state index contributed by atoms with van der Waals surface area (Å²) in [6, 6.07) is 10.4. The Morgan fingerprint density at radius 3 is 2.55 bits per heavy atom. The average molecular weight is 545 g/mol. The average Bonchev–Trinajstić information content (AvgIpc) is 3.38. The number of nitrogens with zero attached hydrogens (tertiary/aromatic N) is 2. The van der Waals surface area contributed by atoms with Gasteiger partial charge in [-0.1, -0.05) is 30.3 Å². The molecule has 0 bridgehead atoms. The van der Waals surface area contributed by atoms with Gasteiger partial charge in [0.25, 0.3) is 0 Å². The van der Waals surface area contributed by atoms with E-state index < -0.39 is 28.1 Å². The van der Waals surface area contributed by atoms with Crippen LogP contribution in [0.3, 0.4) is 0 Å². The Morgan fingerprint density at radius 1 is 1.13 bits per heavy atom. The molecule has 6 N–H and O–H groups in total. The van der Waals surface area contributed by atoms with Crippen molar-refractivity contribution in [3.8, 4) is 0 Å². The molecule has 0 spiro atoms. The molecule has 4 rings (SSSR count). The molecule has 2 heterocycles. The zero-order chi connectivity index (χ0) is 27.4. The van der Waals surface area contributed by atoms with Gasteiger partial charge in [-0.2, -0.15) is 4.72 Å². The Bertz CT molecular complexity index is 1300. The van der Waals surface area contributed by atoms with Crippen LogP contribution in [0, 0.1) is 11.3 Å². The van der Waals surface area contributed by atoms with Gasteiger partial charge in [0.05, 0.1) is 16.9 Å². The number of amides is 2. The molecule has 12 heteroatoms. The molecule has 0 saturated carbocycles. The van der Waals surface area contributed by atoms with Crippen molar-refractivity contribution in [1.29, 1.82) is 5.41 Å². The molecule has 0 unspecified atom stereocenters. The van der Waals surface area contributed by atoms with Crippen molar-refractivity contribution < 1.29 is 23.1 Å². The quantitative estimate of drug-likeness (QED) is 0.239. The van der Waals surface area contributed by atoms with E-state index in [1.54, 1.807) is 21.9 Å². The number of likely N-dealkylation sites (tertiary alicyclic amines) is 2. The number of fused-ring (bicyclic) bond motifs is 1. The van der Waals surface area contributed by atoms with Gasteiger partial charge < -0.3 is 26.0 Å². The van der Waals surface area contributed by atoms with Gasteiger partial charge in [-0.15, -0.1) is 0 Å². The summed E-state index contributed by atoms with van der Waals surface area (Å²) < 4.78 is 28.8. The molecule has 4 atom stereocenters. The summed E-state index contributed by atoms with van der Waals surface area (Å²) >= 11 is 0. The molecule has 0 aromatic heterocycles. The maximum atomic E-state index is 13.5. The molecule has 0 aliphatic carbocycles. The third kappa shape index (κ3) is 6.25. The first-order valence-electron chi connectivity index (χ1n) is 12.9. The lowest BCUT2D eigenvalue weighted by atomic mass is 9.97. The van der Waals surface area contributed by atoms with Crippen molar-refractivity contribution in [3.05, 3.63) is 42.5 Å². The minimum Gasteiger partial charge on any atom is -0.391 e. The number of hydrogen-bond donors (Lipinski definition) is 5. The van der Waals surface area contributed by atoms with Gasteiger partial charge in [0.15, 0.2) is 5.96 Å². The smallest absolute Gasteiger partial charge is 0.243 e. The Balaban J connectivity index is 1.42. The fourth-order valence-electron chi connectivity index (χ4n) is 5.21. The lowest BCUT2D eigenvalue weighted by Gasteiger charge is -2.33. The van der Waals surface area contributed by atoms with Crippen LogP contribution in [-0.4, -0.2) is 85.5 Å². The zero-order valence-corrected chi connectivity index (χ0v) is 22.3. The summed E-state index contributed by atoms with van der Waals surface area (Å²) in [6.07, 6.45) is 1.55. The van der Waals surface area contributed by atoms with Crippen LogP contribution >= 0.6 is 0 Å². The number of hydrogen-bond acceptors (Lipinski definition) is 6. The molecular weight excluding hydrogens is 508 g/mol. The number of aliphatic hydroxyl groups is 1. The largest absolute Gasteiger partial charge is 0.391 e. The molecule has 206 valence electrons. The predicted octanol–water partition coefficient (Wildman–Crippen LogP) is 0.580. The third-order valence-electron chi connectivity index (χ3n) is 7.37. The molecule has 2 aliphatic heterocycles. The van der Waals surface area contributed by atoms with Gasteiger partial charge in [0, 0.05) is 32.2 Å². The molecule has 2 fully saturated rings. The normalized spacial score (nSPS) is 21.7. The summed E-state index contributed by atoms with van der Waals surface area (Å²) in [5.74, 6) is -1.02. The van der Waals surface area contributed by atoms with Gasteiger partial charge in [-0.3, -0.25) is 15.0 Å². The fraction of sp³-hybridized carbons (Fsp3) is 0.500. The van der Waals surface area contributed by atoms with Crippen molar-refractivity contribution in [2.24, 2.45) is 11.7 Å². The molecule has 2 amide bonds. The molecule has 38 heavy (non-hydrogen) atoms. The number of nitrogens with one attached hydrogen (secondary N) is 3. The van der Waals surface area contributed by atoms with Gasteiger partial charge in [-0.05, 0) is 55.5 Å². The van der Waals surface area contributed by atoms with Crippen LogP contribution in [0.25, 0.3) is 10.8 Å². The van der Waals surface area contributed by atoms with E-state index in [1.165, 1.54) is 19.1 Å². The van der Waals surface area contributed by atoms with Crippen LogP contribution in [0.4, 0.5) is 0 Å². The van der Waals surface area contributed by atoms with Crippen LogP contribution in [0.15, 0.2) is 47.4 Å².